The van der Waals surface area contributed by atoms with E-state index in [9.17, 15) is 36.7 Å². The van der Waals surface area contributed by atoms with Crippen molar-refractivity contribution in [3.63, 3.8) is 0 Å². The predicted molar refractivity (Wildman–Crippen MR) is 243 cm³/mol. The van der Waals surface area contributed by atoms with Crippen LogP contribution in [0.3, 0.4) is 0 Å². The monoisotopic (exact) mass is 997 g/mol. The number of urea groups is 2. The van der Waals surface area contributed by atoms with Gasteiger partial charge in [0.1, 0.15) is 11.6 Å². The summed E-state index contributed by atoms with van der Waals surface area (Å²) in [6, 6.07) is 8.23. The number of ether oxygens (including phenoxy) is 2. The maximum atomic E-state index is 15.3. The van der Waals surface area contributed by atoms with Gasteiger partial charge in [-0.15, -0.1) is 10.2 Å². The number of aromatic nitrogens is 2. The van der Waals surface area contributed by atoms with Crippen molar-refractivity contribution < 1.29 is 59.4 Å². The first-order chi connectivity index (χ1) is 34.1. The quantitative estimate of drug-likeness (QED) is 0.139. The molecule has 2 aliphatic heterocycles. The molecule has 1 aromatic heterocycles. The van der Waals surface area contributed by atoms with Crippen LogP contribution < -0.4 is 5.32 Å². The second kappa shape index (κ2) is 20.3. The van der Waals surface area contributed by atoms with Crippen molar-refractivity contribution in [2.75, 3.05) is 59.2 Å². The Labute approximate surface area is 408 Å². The van der Waals surface area contributed by atoms with Gasteiger partial charge in [-0.3, -0.25) is 9.59 Å². The van der Waals surface area contributed by atoms with Gasteiger partial charge in [0.2, 0.25) is 5.89 Å². The number of morpholine rings is 2. The molecule has 0 spiro atoms. The Bertz CT molecular complexity index is 2390. The van der Waals surface area contributed by atoms with Crippen LogP contribution in [0.5, 0.6) is 0 Å². The molecule has 5 amide bonds. The molecule has 0 radical (unpaired) electrons. The lowest BCUT2D eigenvalue weighted by molar-refractivity contribution is -0.131. The molecule has 10 aliphatic rings. The number of hydrogen-bond acceptors (Lipinski definition) is 9. The molecule has 0 atom stereocenters. The zero-order valence-corrected chi connectivity index (χ0v) is 39.7. The van der Waals surface area contributed by atoms with Gasteiger partial charge >= 0.3 is 24.9 Å². The summed E-state index contributed by atoms with van der Waals surface area (Å²) in [4.78, 5) is 58.5. The molecule has 71 heavy (non-hydrogen) atoms. The smallest absolute Gasteiger partial charge is 0.320 e. The molecule has 0 unspecified atom stereocenters. The van der Waals surface area contributed by atoms with Gasteiger partial charge in [-0.05, 0) is 131 Å². The summed E-state index contributed by atoms with van der Waals surface area (Å²) in [7, 11) is 0. The minimum atomic E-state index is -3.23. The number of benzene rings is 2. The Hall–Kier alpha value is -5.24. The Morgan fingerprint density at radius 1 is 0.634 bits per heavy atom. The molecule has 10 fully saturated rings. The van der Waals surface area contributed by atoms with Gasteiger partial charge in [-0.1, -0.05) is 18.2 Å². The Morgan fingerprint density at radius 3 is 1.46 bits per heavy atom. The highest BCUT2D eigenvalue weighted by atomic mass is 19.3. The van der Waals surface area contributed by atoms with Gasteiger partial charge in [0, 0.05) is 59.5 Å². The lowest BCUT2D eigenvalue weighted by Gasteiger charge is -2.60. The number of ketones is 1. The average Bonchev–Trinajstić information content (AvgIpc) is 3.85. The van der Waals surface area contributed by atoms with Crippen LogP contribution in [0.1, 0.15) is 111 Å². The number of hydrogen-bond donors (Lipinski definition) is 1. The number of carbonyl (C=O) groups excluding carboxylic acids is 4. The van der Waals surface area contributed by atoms with Crippen molar-refractivity contribution in [2.45, 2.75) is 114 Å². The van der Waals surface area contributed by atoms with Crippen molar-refractivity contribution >= 4 is 23.8 Å². The van der Waals surface area contributed by atoms with Crippen molar-refractivity contribution in [1.82, 2.24) is 35.1 Å². The summed E-state index contributed by atoms with van der Waals surface area (Å²) in [5.74, 6) is -0.625. The summed E-state index contributed by atoms with van der Waals surface area (Å²) >= 11 is 0. The zero-order valence-electron chi connectivity index (χ0n) is 39.7. The van der Waals surface area contributed by atoms with Gasteiger partial charge in [-0.2, -0.15) is 17.6 Å². The van der Waals surface area contributed by atoms with E-state index in [2.05, 4.69) is 10.2 Å². The Balaban J connectivity index is 0.000000164. The Kier molecular flexibility index (Phi) is 14.1. The molecule has 2 aromatic carbocycles. The van der Waals surface area contributed by atoms with Gasteiger partial charge in [0.25, 0.3) is 11.8 Å². The van der Waals surface area contributed by atoms with E-state index in [1.54, 1.807) is 17.0 Å². The minimum absolute atomic E-state index is 0.0216. The second-order valence-corrected chi connectivity index (χ2v) is 21.5. The van der Waals surface area contributed by atoms with Crippen LogP contribution in [-0.2, 0) is 27.4 Å². The average molecular weight is 998 g/mol. The van der Waals surface area contributed by atoms with Gasteiger partial charge in [-0.25, -0.2) is 18.4 Å². The number of nitrogens with one attached hydrogen (secondary N) is 1. The van der Waals surface area contributed by atoms with Crippen LogP contribution in [0.25, 0.3) is 11.5 Å². The molecule has 3 aromatic rings. The second-order valence-electron chi connectivity index (χ2n) is 21.5. The van der Waals surface area contributed by atoms with Crippen LogP contribution in [0, 0.1) is 47.1 Å². The summed E-state index contributed by atoms with van der Waals surface area (Å²) in [5, 5.41) is 8.77. The third kappa shape index (κ3) is 10.4. The van der Waals surface area contributed by atoms with Crippen LogP contribution in [0.4, 0.5) is 35.9 Å². The highest BCUT2D eigenvalue weighted by Crippen LogP contribution is 2.59. The van der Waals surface area contributed by atoms with Crippen molar-refractivity contribution in [3.8, 4) is 11.5 Å². The van der Waals surface area contributed by atoms with E-state index in [0.29, 0.717) is 99.2 Å². The van der Waals surface area contributed by atoms with Gasteiger partial charge in [0.05, 0.1) is 46.1 Å². The maximum Gasteiger partial charge on any atom is 0.320 e. The first-order valence-electron chi connectivity index (χ1n) is 25.2. The molecule has 20 heteroatoms. The Morgan fingerprint density at radius 2 is 1.07 bits per heavy atom. The van der Waals surface area contributed by atoms with Crippen LogP contribution in [0.2, 0.25) is 0 Å². The van der Waals surface area contributed by atoms with Crippen LogP contribution >= 0.6 is 0 Å². The molecule has 3 heterocycles. The molecule has 8 saturated carbocycles. The molecule has 13 rings (SSSR count). The minimum Gasteiger partial charge on any atom is -0.415 e. The predicted octanol–water partition coefficient (Wildman–Crippen LogP) is 8.65. The summed E-state index contributed by atoms with van der Waals surface area (Å²) in [6.45, 7) is 3.68. The van der Waals surface area contributed by atoms with Gasteiger partial charge in [0.15, 0.2) is 5.78 Å². The first kappa shape index (κ1) is 49.3. The number of carbonyl (C=O) groups is 4. The summed E-state index contributed by atoms with van der Waals surface area (Å²) in [6.07, 6.45) is 7.02. The van der Waals surface area contributed by atoms with E-state index in [1.165, 1.54) is 56.7 Å². The molecule has 8 bridgehead atoms. The molecule has 1 N–H and O–H groups in total. The van der Waals surface area contributed by atoms with Crippen molar-refractivity contribution in [2.24, 2.45) is 35.5 Å². The largest absolute Gasteiger partial charge is 0.415 e. The lowest BCUT2D eigenvalue weighted by atomic mass is 9.52. The molecular weight excluding hydrogens is 937 g/mol. The van der Waals surface area contributed by atoms with E-state index >= 15 is 8.78 Å². The van der Waals surface area contributed by atoms with Crippen LogP contribution in [-0.4, -0.2) is 130 Å². The zero-order chi connectivity index (χ0) is 49.6. The highest BCUT2D eigenvalue weighted by Gasteiger charge is 2.57. The standard InChI is InChI=1S/C26H32F3N3O4.C25H29F3N4O3/c27-21-10-19(22(33)14-30-24(34)23(28)29)1-2-20(21)15-32(25(35)31-3-5-36-6-4-31)26-11-16-7-17(12-26)9-18(8-16)13-26;26-20-10-18(22-29-30-23(35-22)21(27)28)1-2-19(20)14-32(24(33)31-3-5-34-6-4-31)25-11-15-7-16(12-25)9-17(8-15)13-25/h1-2,10,16-18,23H,3-9,11-15H2,(H,30,34);1-2,10,15-17,21H,3-9,11-14H2. The van der Waals surface area contributed by atoms with Gasteiger partial charge < -0.3 is 38.8 Å². The van der Waals surface area contributed by atoms with Crippen molar-refractivity contribution in [1.29, 1.82) is 0 Å². The molecule has 8 aliphatic carbocycles. The lowest BCUT2D eigenvalue weighted by Crippen LogP contribution is -2.64. The molecule has 384 valence electrons. The summed E-state index contributed by atoms with van der Waals surface area (Å²) < 4.78 is 96.7. The van der Waals surface area contributed by atoms with Crippen LogP contribution in [0.15, 0.2) is 40.8 Å². The van der Waals surface area contributed by atoms with E-state index in [0.717, 1.165) is 44.6 Å². The number of rotatable bonds is 12. The number of nitrogens with zero attached hydrogens (tertiary/aromatic N) is 6. The third-order valence-electron chi connectivity index (χ3n) is 16.8. The molecular formula is C51H61F6N7O7. The highest BCUT2D eigenvalue weighted by molar-refractivity contribution is 5.99. The van der Waals surface area contributed by atoms with E-state index < -0.39 is 48.6 Å². The number of Topliss-reactive ketones (excluding diaryl/α,β-unsaturated/α-hetero) is 1. The van der Waals surface area contributed by atoms with E-state index in [-0.39, 0.29) is 53.2 Å². The number of alkyl halides is 4. The number of halogens is 6. The molecule has 2 saturated heterocycles. The first-order valence-corrected chi connectivity index (χ1v) is 25.2. The number of amides is 5. The fourth-order valence-electron chi connectivity index (χ4n) is 14.3. The van der Waals surface area contributed by atoms with E-state index in [4.69, 9.17) is 13.9 Å². The fourth-order valence-corrected chi connectivity index (χ4v) is 14.3. The molecule has 14 nitrogen and oxygen atoms in total. The SMILES string of the molecule is O=C(CNC(=O)C(F)F)c1ccc(CN(C(=O)N2CCOCC2)C23CC4CC(CC(C4)C2)C3)c(F)c1.O=C(N1CCOCC1)N(Cc1ccc(-c2nnc(C(F)F)o2)cc1F)C12CC3CC(CC(C3)C1)C2. The maximum absolute atomic E-state index is 15.3. The normalized spacial score (nSPS) is 29.3. The van der Waals surface area contributed by atoms with E-state index in [1.807, 2.05) is 20.0 Å². The van der Waals surface area contributed by atoms with Crippen molar-refractivity contribution in [3.05, 3.63) is 70.6 Å². The summed E-state index contributed by atoms with van der Waals surface area (Å²) in [5.41, 5.74) is 0.372. The fraction of sp³-hybridized carbons (Fsp3) is 0.647. The third-order valence-corrected chi connectivity index (χ3v) is 16.8. The topological polar surface area (TPSA) is 151 Å².